The third-order valence-electron chi connectivity index (χ3n) is 3.52. The minimum absolute atomic E-state index is 0.0611. The maximum Gasteiger partial charge on any atom is 0.274 e. The van der Waals surface area contributed by atoms with Crippen molar-refractivity contribution in [1.82, 2.24) is 9.62 Å². The van der Waals surface area contributed by atoms with Crippen LogP contribution < -0.4 is 10.5 Å². The summed E-state index contributed by atoms with van der Waals surface area (Å²) in [5, 5.41) is -0.0611. The van der Waals surface area contributed by atoms with E-state index >= 15 is 0 Å². The molecule has 0 amide bonds. The predicted octanol–water partition coefficient (Wildman–Crippen LogP) is 0.501. The van der Waals surface area contributed by atoms with Crippen molar-refractivity contribution in [1.29, 1.82) is 0 Å². The Kier molecular flexibility index (Phi) is 4.62. The van der Waals surface area contributed by atoms with Crippen molar-refractivity contribution in [2.45, 2.75) is 37.4 Å². The van der Waals surface area contributed by atoms with Gasteiger partial charge in [-0.25, -0.2) is 13.1 Å². The zero-order valence-electron chi connectivity index (χ0n) is 11.1. The first-order valence-corrected chi connectivity index (χ1v) is 8.07. The van der Waals surface area contributed by atoms with Gasteiger partial charge in [-0.15, -0.1) is 0 Å². The molecule has 6 nitrogen and oxygen atoms in total. The van der Waals surface area contributed by atoms with E-state index in [1.54, 1.807) is 6.07 Å². The van der Waals surface area contributed by atoms with Gasteiger partial charge in [0.1, 0.15) is 5.76 Å². The first-order chi connectivity index (χ1) is 9.06. The number of rotatable bonds is 6. The normalized spacial score (nSPS) is 21.1. The fraction of sp³-hybridized carbons (Fsp3) is 0.667. The predicted molar refractivity (Wildman–Crippen MR) is 72.1 cm³/mol. The quantitative estimate of drug-likeness (QED) is 0.795. The highest BCUT2D eigenvalue weighted by atomic mass is 32.2. The first kappa shape index (κ1) is 14.5. The summed E-state index contributed by atoms with van der Waals surface area (Å²) in [5.74, 6) is 0.469. The average molecular weight is 287 g/mol. The number of likely N-dealkylation sites (tertiary alicyclic amines) is 1. The van der Waals surface area contributed by atoms with Crippen molar-refractivity contribution in [2.24, 2.45) is 5.73 Å². The number of sulfonamides is 1. The van der Waals surface area contributed by atoms with Crippen LogP contribution in [-0.2, 0) is 16.6 Å². The Morgan fingerprint density at radius 1 is 1.53 bits per heavy atom. The number of furan rings is 1. The van der Waals surface area contributed by atoms with Crippen LogP contribution in [0.2, 0.25) is 0 Å². The molecular formula is C12H21N3O3S. The molecule has 2 rings (SSSR count). The van der Waals surface area contributed by atoms with Gasteiger partial charge in [-0.05, 0) is 38.1 Å². The van der Waals surface area contributed by atoms with Crippen LogP contribution in [0.3, 0.4) is 0 Å². The van der Waals surface area contributed by atoms with Gasteiger partial charge in [-0.2, -0.15) is 0 Å². The lowest BCUT2D eigenvalue weighted by molar-refractivity contribution is 0.267. The molecule has 1 aliphatic rings. The van der Waals surface area contributed by atoms with E-state index in [4.69, 9.17) is 10.2 Å². The largest absolute Gasteiger partial charge is 0.447 e. The second kappa shape index (κ2) is 6.04. The average Bonchev–Trinajstić information content (AvgIpc) is 3.05. The SMILES string of the molecule is CCN1CCCC1CNS(=O)(=O)c1ccc(CN)o1. The Morgan fingerprint density at radius 3 is 2.95 bits per heavy atom. The van der Waals surface area contributed by atoms with Gasteiger partial charge >= 0.3 is 0 Å². The standard InChI is InChI=1S/C12H21N3O3S/c1-2-15-7-3-4-10(15)9-14-19(16,17)12-6-5-11(8-13)18-12/h5-6,10,14H,2-4,7-9,13H2,1H3. The van der Waals surface area contributed by atoms with Gasteiger partial charge in [0.25, 0.3) is 10.0 Å². The van der Waals surface area contributed by atoms with E-state index in [-0.39, 0.29) is 17.7 Å². The molecule has 7 heteroatoms. The van der Waals surface area contributed by atoms with Gasteiger partial charge in [-0.1, -0.05) is 6.92 Å². The van der Waals surface area contributed by atoms with Crippen molar-refractivity contribution in [3.8, 4) is 0 Å². The van der Waals surface area contributed by atoms with Gasteiger partial charge < -0.3 is 10.2 Å². The maximum absolute atomic E-state index is 12.0. The number of nitrogens with two attached hydrogens (primary N) is 1. The van der Waals surface area contributed by atoms with E-state index in [9.17, 15) is 8.42 Å². The molecule has 0 aliphatic carbocycles. The van der Waals surface area contributed by atoms with Crippen LogP contribution in [0.25, 0.3) is 0 Å². The number of hydrogen-bond acceptors (Lipinski definition) is 5. The van der Waals surface area contributed by atoms with Crippen molar-refractivity contribution in [2.75, 3.05) is 19.6 Å². The lowest BCUT2D eigenvalue weighted by atomic mass is 10.2. The first-order valence-electron chi connectivity index (χ1n) is 6.59. The molecule has 1 saturated heterocycles. The molecule has 1 aromatic heterocycles. The summed E-state index contributed by atoms with van der Waals surface area (Å²) in [6.45, 7) is 4.70. The smallest absolute Gasteiger partial charge is 0.274 e. The van der Waals surface area contributed by atoms with Crippen molar-refractivity contribution < 1.29 is 12.8 Å². The highest BCUT2D eigenvalue weighted by Gasteiger charge is 2.26. The summed E-state index contributed by atoms with van der Waals surface area (Å²) in [6.07, 6.45) is 2.15. The molecule has 0 bridgehead atoms. The molecule has 0 aromatic carbocycles. The molecule has 19 heavy (non-hydrogen) atoms. The van der Waals surface area contributed by atoms with Crippen LogP contribution in [0.5, 0.6) is 0 Å². The van der Waals surface area contributed by atoms with E-state index in [0.29, 0.717) is 12.3 Å². The minimum atomic E-state index is -3.57. The second-order valence-electron chi connectivity index (χ2n) is 4.70. The Bertz CT molecular complexity index is 512. The molecule has 108 valence electrons. The summed E-state index contributed by atoms with van der Waals surface area (Å²) in [4.78, 5) is 2.29. The van der Waals surface area contributed by atoms with Gasteiger partial charge in [0, 0.05) is 12.6 Å². The highest BCUT2D eigenvalue weighted by Crippen LogP contribution is 2.17. The van der Waals surface area contributed by atoms with Crippen LogP contribution in [0.1, 0.15) is 25.5 Å². The Hall–Kier alpha value is -0.890. The van der Waals surface area contributed by atoms with Crippen molar-refractivity contribution in [3.05, 3.63) is 17.9 Å². The fourth-order valence-corrected chi connectivity index (χ4v) is 3.45. The molecular weight excluding hydrogens is 266 g/mol. The van der Waals surface area contributed by atoms with Crippen LogP contribution in [0.15, 0.2) is 21.6 Å². The van der Waals surface area contributed by atoms with Gasteiger partial charge in [0.2, 0.25) is 5.09 Å². The van der Waals surface area contributed by atoms with E-state index < -0.39 is 10.0 Å². The van der Waals surface area contributed by atoms with E-state index in [0.717, 1.165) is 25.9 Å². The second-order valence-corrected chi connectivity index (χ2v) is 6.40. The summed E-state index contributed by atoms with van der Waals surface area (Å²) < 4.78 is 31.9. The van der Waals surface area contributed by atoms with Crippen LogP contribution in [0, 0.1) is 0 Å². The van der Waals surface area contributed by atoms with Gasteiger partial charge in [-0.3, -0.25) is 4.90 Å². The molecule has 0 saturated carbocycles. The number of hydrogen-bond donors (Lipinski definition) is 2. The molecule has 3 N–H and O–H groups in total. The molecule has 1 fully saturated rings. The molecule has 1 unspecified atom stereocenters. The van der Waals surface area contributed by atoms with E-state index in [2.05, 4.69) is 16.5 Å². The third kappa shape index (κ3) is 3.36. The zero-order chi connectivity index (χ0) is 13.9. The fourth-order valence-electron chi connectivity index (χ4n) is 2.43. The highest BCUT2D eigenvalue weighted by molar-refractivity contribution is 7.89. The lowest BCUT2D eigenvalue weighted by Crippen LogP contribution is -2.39. The maximum atomic E-state index is 12.0. The summed E-state index contributed by atoms with van der Waals surface area (Å²) in [5.41, 5.74) is 5.40. The molecule has 1 atom stereocenters. The molecule has 0 radical (unpaired) electrons. The van der Waals surface area contributed by atoms with Crippen LogP contribution in [0.4, 0.5) is 0 Å². The molecule has 2 heterocycles. The molecule has 1 aromatic rings. The van der Waals surface area contributed by atoms with Gasteiger partial charge in [0.15, 0.2) is 0 Å². The Balaban J connectivity index is 1.97. The number of nitrogens with one attached hydrogen (secondary N) is 1. The monoisotopic (exact) mass is 287 g/mol. The minimum Gasteiger partial charge on any atom is -0.447 e. The Labute approximate surface area is 114 Å². The lowest BCUT2D eigenvalue weighted by Gasteiger charge is -2.22. The number of nitrogens with zero attached hydrogens (tertiary/aromatic N) is 1. The third-order valence-corrected chi connectivity index (χ3v) is 4.81. The summed E-state index contributed by atoms with van der Waals surface area (Å²) in [7, 11) is -3.57. The summed E-state index contributed by atoms with van der Waals surface area (Å²) >= 11 is 0. The molecule has 1 aliphatic heterocycles. The van der Waals surface area contributed by atoms with Crippen molar-refractivity contribution >= 4 is 10.0 Å². The topological polar surface area (TPSA) is 88.6 Å². The summed E-state index contributed by atoms with van der Waals surface area (Å²) in [6, 6.07) is 3.31. The van der Waals surface area contributed by atoms with E-state index in [1.165, 1.54) is 6.07 Å². The van der Waals surface area contributed by atoms with Gasteiger partial charge in [0.05, 0.1) is 6.54 Å². The van der Waals surface area contributed by atoms with Crippen LogP contribution >= 0.6 is 0 Å². The Morgan fingerprint density at radius 2 is 2.32 bits per heavy atom. The van der Waals surface area contributed by atoms with E-state index in [1.807, 2.05) is 0 Å². The zero-order valence-corrected chi connectivity index (χ0v) is 11.9. The molecule has 0 spiro atoms. The number of likely N-dealkylation sites (N-methyl/N-ethyl adjacent to an activating group) is 1. The van der Waals surface area contributed by atoms with Crippen LogP contribution in [-0.4, -0.2) is 39.0 Å². The van der Waals surface area contributed by atoms with Crippen molar-refractivity contribution in [3.63, 3.8) is 0 Å².